The minimum absolute atomic E-state index is 0.0399. The first-order valence-corrected chi connectivity index (χ1v) is 12.5. The minimum atomic E-state index is -0.333. The second kappa shape index (κ2) is 10.2. The van der Waals surface area contributed by atoms with Crippen molar-refractivity contribution in [2.75, 3.05) is 5.33 Å². The highest BCUT2D eigenvalue weighted by molar-refractivity contribution is 9.09. The predicted octanol–water partition coefficient (Wildman–Crippen LogP) is 6.97. The molecule has 2 aromatic rings. The Hall–Kier alpha value is -1.49. The molecule has 30 heavy (non-hydrogen) atoms. The normalized spacial score (nSPS) is 15.2. The summed E-state index contributed by atoms with van der Waals surface area (Å²) < 4.78 is 11.6. The molecule has 4 nitrogen and oxygen atoms in total. The number of hydrogen-bond donors (Lipinski definition) is 1. The highest BCUT2D eigenvalue weighted by Crippen LogP contribution is 2.44. The Morgan fingerprint density at radius 3 is 2.37 bits per heavy atom. The topological polar surface area (TPSA) is 59.7 Å². The summed E-state index contributed by atoms with van der Waals surface area (Å²) in [4.78, 5) is 12.6. The van der Waals surface area contributed by atoms with Crippen molar-refractivity contribution in [3.63, 3.8) is 0 Å². The lowest BCUT2D eigenvalue weighted by atomic mass is 9.91. The van der Waals surface area contributed by atoms with Gasteiger partial charge in [-0.3, -0.25) is 0 Å². The van der Waals surface area contributed by atoms with Crippen molar-refractivity contribution in [3.05, 3.63) is 33.2 Å². The standard InChI is InChI=1S/C25H35BrO4/c1-17-19(12-10-8-6-4-5-7-9-11-15-26)24(28)29-23-20(17)16-18-13-14-25(2,3)30-22(18)21(23)27/h16,27H,4-15H2,1-3H3. The Kier molecular flexibility index (Phi) is 7.89. The van der Waals surface area contributed by atoms with Gasteiger partial charge in [0.2, 0.25) is 5.75 Å². The Bertz CT molecular complexity index is 929. The fourth-order valence-corrected chi connectivity index (χ4v) is 4.75. The molecule has 1 aromatic carbocycles. The molecule has 0 fully saturated rings. The summed E-state index contributed by atoms with van der Waals surface area (Å²) in [7, 11) is 0. The van der Waals surface area contributed by atoms with Crippen LogP contribution in [-0.4, -0.2) is 16.0 Å². The average Bonchev–Trinajstić information content (AvgIpc) is 2.70. The van der Waals surface area contributed by atoms with E-state index in [-0.39, 0.29) is 22.6 Å². The van der Waals surface area contributed by atoms with E-state index in [4.69, 9.17) is 9.15 Å². The Labute approximate surface area is 188 Å². The predicted molar refractivity (Wildman–Crippen MR) is 126 cm³/mol. The molecule has 166 valence electrons. The lowest BCUT2D eigenvalue weighted by Gasteiger charge is -2.33. The molecule has 5 heteroatoms. The van der Waals surface area contributed by atoms with Crippen molar-refractivity contribution in [1.29, 1.82) is 0 Å². The molecule has 0 bridgehead atoms. The number of halogens is 1. The SMILES string of the molecule is Cc1c(CCCCCCCCCCBr)c(=O)oc2c(O)c3c(cc12)CCC(C)(C)O3. The second-order valence-corrected chi connectivity index (χ2v) is 10.0. The fraction of sp³-hybridized carbons (Fsp3) is 0.640. The first-order chi connectivity index (χ1) is 14.3. The van der Waals surface area contributed by atoms with Crippen LogP contribution in [0.4, 0.5) is 0 Å². The number of phenols is 1. The van der Waals surface area contributed by atoms with Gasteiger partial charge < -0.3 is 14.3 Å². The van der Waals surface area contributed by atoms with Crippen LogP contribution in [-0.2, 0) is 12.8 Å². The van der Waals surface area contributed by atoms with Crippen molar-refractivity contribution in [1.82, 2.24) is 0 Å². The van der Waals surface area contributed by atoms with E-state index in [1.807, 2.05) is 26.8 Å². The number of unbranched alkanes of at least 4 members (excludes halogenated alkanes) is 7. The zero-order valence-corrected chi connectivity index (χ0v) is 20.2. The van der Waals surface area contributed by atoms with E-state index >= 15 is 0 Å². The molecule has 3 rings (SSSR count). The maximum Gasteiger partial charge on any atom is 0.339 e. The van der Waals surface area contributed by atoms with Crippen molar-refractivity contribution in [2.24, 2.45) is 0 Å². The number of fused-ring (bicyclic) bond motifs is 2. The lowest BCUT2D eigenvalue weighted by molar-refractivity contribution is 0.0808. The summed E-state index contributed by atoms with van der Waals surface area (Å²) >= 11 is 3.47. The monoisotopic (exact) mass is 478 g/mol. The number of ether oxygens (including phenoxy) is 1. The van der Waals surface area contributed by atoms with Gasteiger partial charge in [-0.05, 0) is 70.1 Å². The quantitative estimate of drug-likeness (QED) is 0.227. The second-order valence-electron chi connectivity index (χ2n) is 9.21. The van der Waals surface area contributed by atoms with Gasteiger partial charge in [-0.25, -0.2) is 4.79 Å². The van der Waals surface area contributed by atoms with Crippen molar-refractivity contribution < 1.29 is 14.3 Å². The van der Waals surface area contributed by atoms with Gasteiger partial charge in [0, 0.05) is 16.3 Å². The Morgan fingerprint density at radius 1 is 1.07 bits per heavy atom. The molecular formula is C25H35BrO4. The minimum Gasteiger partial charge on any atom is -0.502 e. The van der Waals surface area contributed by atoms with E-state index < -0.39 is 0 Å². The van der Waals surface area contributed by atoms with Crippen LogP contribution < -0.4 is 10.4 Å². The zero-order chi connectivity index (χ0) is 21.7. The van der Waals surface area contributed by atoms with Crippen LogP contribution in [0, 0.1) is 6.92 Å². The lowest BCUT2D eigenvalue weighted by Crippen LogP contribution is -2.32. The van der Waals surface area contributed by atoms with E-state index in [9.17, 15) is 9.90 Å². The average molecular weight is 479 g/mol. The van der Waals surface area contributed by atoms with Gasteiger partial charge in [-0.1, -0.05) is 54.5 Å². The number of alkyl halides is 1. The molecule has 0 radical (unpaired) electrons. The summed E-state index contributed by atoms with van der Waals surface area (Å²) in [5.41, 5.74) is 2.25. The highest BCUT2D eigenvalue weighted by Gasteiger charge is 2.31. The number of aromatic hydroxyl groups is 1. The summed E-state index contributed by atoms with van der Waals surface area (Å²) in [5, 5.41) is 12.7. The third-order valence-electron chi connectivity index (χ3n) is 6.27. The van der Waals surface area contributed by atoms with E-state index in [0.717, 1.165) is 59.5 Å². The first kappa shape index (κ1) is 23.2. The number of phenolic OH excluding ortho intramolecular Hbond substituents is 1. The van der Waals surface area contributed by atoms with E-state index in [0.29, 0.717) is 5.75 Å². The molecule has 0 aliphatic carbocycles. The summed E-state index contributed by atoms with van der Waals surface area (Å²) in [6, 6.07) is 2.04. The largest absolute Gasteiger partial charge is 0.502 e. The molecule has 0 atom stereocenters. The van der Waals surface area contributed by atoms with E-state index in [2.05, 4.69) is 15.9 Å². The highest BCUT2D eigenvalue weighted by atomic mass is 79.9. The molecule has 1 N–H and O–H groups in total. The molecule has 0 spiro atoms. The summed E-state index contributed by atoms with van der Waals surface area (Å²) in [5.74, 6) is 0.423. The number of benzene rings is 1. The van der Waals surface area contributed by atoms with E-state index in [1.54, 1.807) is 0 Å². The van der Waals surface area contributed by atoms with Gasteiger partial charge in [-0.2, -0.15) is 0 Å². The number of hydrogen-bond acceptors (Lipinski definition) is 4. The van der Waals surface area contributed by atoms with Gasteiger partial charge in [-0.15, -0.1) is 0 Å². The van der Waals surface area contributed by atoms with E-state index in [1.165, 1.54) is 38.5 Å². The Balaban J connectivity index is 1.68. The van der Waals surface area contributed by atoms with Crippen LogP contribution in [0.15, 0.2) is 15.3 Å². The molecule has 0 saturated carbocycles. The maximum absolute atomic E-state index is 12.6. The third kappa shape index (κ3) is 5.40. The van der Waals surface area contributed by atoms with Crippen LogP contribution >= 0.6 is 15.9 Å². The van der Waals surface area contributed by atoms with Gasteiger partial charge >= 0.3 is 5.63 Å². The first-order valence-electron chi connectivity index (χ1n) is 11.4. The van der Waals surface area contributed by atoms with Crippen LogP contribution in [0.25, 0.3) is 11.0 Å². The molecule has 2 heterocycles. The third-order valence-corrected chi connectivity index (χ3v) is 6.83. The molecule has 0 saturated heterocycles. The van der Waals surface area contributed by atoms with Crippen molar-refractivity contribution in [2.45, 2.75) is 97.0 Å². The molecule has 1 aromatic heterocycles. The molecule has 0 amide bonds. The molecule has 1 aliphatic rings. The number of aryl methyl sites for hydroxylation is 2. The van der Waals surface area contributed by atoms with Crippen LogP contribution in [0.3, 0.4) is 0 Å². The van der Waals surface area contributed by atoms with Crippen molar-refractivity contribution in [3.8, 4) is 11.5 Å². The van der Waals surface area contributed by atoms with Crippen LogP contribution in [0.5, 0.6) is 11.5 Å². The maximum atomic E-state index is 12.6. The Morgan fingerprint density at radius 2 is 1.70 bits per heavy atom. The molecule has 0 unspecified atom stereocenters. The molecule has 1 aliphatic heterocycles. The summed E-state index contributed by atoms with van der Waals surface area (Å²) in [6.45, 7) is 5.98. The number of rotatable bonds is 10. The van der Waals surface area contributed by atoms with Crippen LogP contribution in [0.1, 0.15) is 88.3 Å². The fourth-order valence-electron chi connectivity index (χ4n) is 4.35. The summed E-state index contributed by atoms with van der Waals surface area (Å²) in [6.07, 6.45) is 12.3. The molecular weight excluding hydrogens is 444 g/mol. The van der Waals surface area contributed by atoms with Gasteiger partial charge in [0.25, 0.3) is 0 Å². The van der Waals surface area contributed by atoms with Crippen molar-refractivity contribution >= 4 is 26.9 Å². The zero-order valence-electron chi connectivity index (χ0n) is 18.6. The van der Waals surface area contributed by atoms with Gasteiger partial charge in [0.15, 0.2) is 11.3 Å². The smallest absolute Gasteiger partial charge is 0.339 e. The van der Waals surface area contributed by atoms with Gasteiger partial charge in [0.05, 0.1) is 0 Å². The van der Waals surface area contributed by atoms with Gasteiger partial charge in [0.1, 0.15) is 5.60 Å². The van der Waals surface area contributed by atoms with Crippen LogP contribution in [0.2, 0.25) is 0 Å².